The van der Waals surface area contributed by atoms with Crippen LogP contribution in [-0.2, 0) is 4.79 Å². The second-order valence-electron chi connectivity index (χ2n) is 6.25. The zero-order chi connectivity index (χ0) is 20.1. The van der Waals surface area contributed by atoms with Crippen molar-refractivity contribution in [2.75, 3.05) is 45.7 Å². The molecule has 1 saturated heterocycles. The lowest BCUT2D eigenvalue weighted by Gasteiger charge is -2.34. The van der Waals surface area contributed by atoms with E-state index in [0.29, 0.717) is 49.1 Å². The summed E-state index contributed by atoms with van der Waals surface area (Å²) >= 11 is 0. The molecule has 3 rings (SSSR count). The van der Waals surface area contributed by atoms with Gasteiger partial charge in [-0.25, -0.2) is 9.97 Å². The van der Waals surface area contributed by atoms with Crippen molar-refractivity contribution in [2.45, 2.75) is 6.92 Å². The van der Waals surface area contributed by atoms with E-state index in [2.05, 4.69) is 15.3 Å². The average molecular weight is 385 g/mol. The molecule has 2 heterocycles. The summed E-state index contributed by atoms with van der Waals surface area (Å²) in [6.45, 7) is 3.56. The lowest BCUT2D eigenvalue weighted by molar-refractivity contribution is -0.130. The van der Waals surface area contributed by atoms with Crippen LogP contribution >= 0.6 is 0 Å². The first-order chi connectivity index (χ1) is 13.5. The summed E-state index contributed by atoms with van der Waals surface area (Å²) in [5.74, 6) is 1.36. The fourth-order valence-electron chi connectivity index (χ4n) is 2.95. The highest BCUT2D eigenvalue weighted by Gasteiger charge is 2.24. The van der Waals surface area contributed by atoms with Crippen molar-refractivity contribution >= 4 is 23.5 Å². The number of hydrogen-bond acceptors (Lipinski definition) is 7. The van der Waals surface area contributed by atoms with Crippen LogP contribution in [0.3, 0.4) is 0 Å². The van der Waals surface area contributed by atoms with E-state index in [4.69, 9.17) is 9.47 Å². The smallest absolute Gasteiger partial charge is 0.272 e. The number of rotatable bonds is 5. The molecule has 9 nitrogen and oxygen atoms in total. The molecule has 2 amide bonds. The molecule has 1 aliphatic rings. The third kappa shape index (κ3) is 4.30. The van der Waals surface area contributed by atoms with Gasteiger partial charge in [-0.3, -0.25) is 9.59 Å². The van der Waals surface area contributed by atoms with E-state index in [-0.39, 0.29) is 17.8 Å². The Labute approximate surface area is 163 Å². The number of aromatic nitrogens is 2. The van der Waals surface area contributed by atoms with Crippen molar-refractivity contribution in [3.05, 3.63) is 36.2 Å². The Morgan fingerprint density at radius 2 is 1.75 bits per heavy atom. The lowest BCUT2D eigenvalue weighted by Crippen LogP contribution is -2.50. The molecular formula is C19H23N5O4. The maximum atomic E-state index is 12.8. The Balaban J connectivity index is 1.72. The van der Waals surface area contributed by atoms with Crippen molar-refractivity contribution in [2.24, 2.45) is 0 Å². The van der Waals surface area contributed by atoms with E-state index in [1.807, 2.05) is 0 Å². The molecule has 0 aliphatic carbocycles. The number of hydrogen-bond donors (Lipinski definition) is 1. The highest BCUT2D eigenvalue weighted by Crippen LogP contribution is 2.30. The third-order valence-electron chi connectivity index (χ3n) is 4.54. The molecule has 1 aromatic heterocycles. The number of carbonyl (C=O) groups excluding carboxylic acids is 2. The van der Waals surface area contributed by atoms with E-state index >= 15 is 0 Å². The summed E-state index contributed by atoms with van der Waals surface area (Å²) < 4.78 is 10.5. The number of nitrogens with zero attached hydrogens (tertiary/aromatic N) is 4. The molecule has 148 valence electrons. The molecule has 1 fully saturated rings. The molecule has 0 saturated carbocycles. The van der Waals surface area contributed by atoms with Crippen LogP contribution in [-0.4, -0.2) is 72.0 Å². The van der Waals surface area contributed by atoms with Gasteiger partial charge in [-0.05, 0) is 18.2 Å². The Morgan fingerprint density at radius 1 is 1.04 bits per heavy atom. The molecule has 0 atom stereocenters. The first-order valence-corrected chi connectivity index (χ1v) is 8.88. The summed E-state index contributed by atoms with van der Waals surface area (Å²) in [5.41, 5.74) is 0.948. The van der Waals surface area contributed by atoms with Gasteiger partial charge in [0.1, 0.15) is 17.2 Å². The Morgan fingerprint density at radius 3 is 2.39 bits per heavy atom. The Bertz CT molecular complexity index is 865. The van der Waals surface area contributed by atoms with Gasteiger partial charge in [0.25, 0.3) is 5.91 Å². The number of carbonyl (C=O) groups is 2. The minimum absolute atomic E-state index is 0.0223. The van der Waals surface area contributed by atoms with E-state index < -0.39 is 0 Å². The van der Waals surface area contributed by atoms with Crippen LogP contribution in [0.2, 0.25) is 0 Å². The number of piperazine rings is 1. The quantitative estimate of drug-likeness (QED) is 0.834. The fraction of sp³-hybridized carbons (Fsp3) is 0.368. The highest BCUT2D eigenvalue weighted by molar-refractivity contribution is 5.92. The lowest BCUT2D eigenvalue weighted by atomic mass is 10.2. The van der Waals surface area contributed by atoms with Crippen molar-refractivity contribution in [1.82, 2.24) is 19.8 Å². The summed E-state index contributed by atoms with van der Waals surface area (Å²) in [5, 5.41) is 3.07. The molecule has 0 radical (unpaired) electrons. The zero-order valence-corrected chi connectivity index (χ0v) is 16.1. The molecular weight excluding hydrogens is 362 g/mol. The van der Waals surface area contributed by atoms with Crippen LogP contribution < -0.4 is 14.8 Å². The maximum absolute atomic E-state index is 12.8. The minimum atomic E-state index is -0.185. The van der Waals surface area contributed by atoms with Gasteiger partial charge in [0.15, 0.2) is 0 Å². The normalized spacial score (nSPS) is 13.8. The minimum Gasteiger partial charge on any atom is -0.497 e. The van der Waals surface area contributed by atoms with Gasteiger partial charge in [0.05, 0.1) is 19.9 Å². The largest absolute Gasteiger partial charge is 0.497 e. The molecule has 1 aliphatic heterocycles. The molecule has 1 aromatic carbocycles. The molecule has 1 N–H and O–H groups in total. The molecule has 0 bridgehead atoms. The van der Waals surface area contributed by atoms with Crippen molar-refractivity contribution < 1.29 is 19.1 Å². The number of ether oxygens (including phenoxy) is 2. The summed E-state index contributed by atoms with van der Waals surface area (Å²) in [6, 6.07) is 6.90. The van der Waals surface area contributed by atoms with Crippen molar-refractivity contribution in [1.29, 1.82) is 0 Å². The molecule has 0 spiro atoms. The summed E-state index contributed by atoms with van der Waals surface area (Å²) in [6.07, 6.45) is 1.53. The second kappa shape index (κ2) is 8.55. The average Bonchev–Trinajstić information content (AvgIpc) is 2.73. The van der Waals surface area contributed by atoms with Gasteiger partial charge in [-0.1, -0.05) is 0 Å². The van der Waals surface area contributed by atoms with E-state index in [1.165, 1.54) is 13.1 Å². The van der Waals surface area contributed by atoms with Crippen LogP contribution in [0, 0.1) is 0 Å². The summed E-state index contributed by atoms with van der Waals surface area (Å²) in [4.78, 5) is 36.1. The number of amides is 2. The fourth-order valence-corrected chi connectivity index (χ4v) is 2.95. The van der Waals surface area contributed by atoms with Gasteiger partial charge in [-0.15, -0.1) is 0 Å². The first-order valence-electron chi connectivity index (χ1n) is 8.88. The van der Waals surface area contributed by atoms with Crippen LogP contribution in [0.5, 0.6) is 11.5 Å². The van der Waals surface area contributed by atoms with E-state index in [9.17, 15) is 9.59 Å². The van der Waals surface area contributed by atoms with Crippen molar-refractivity contribution in [3.63, 3.8) is 0 Å². The number of methoxy groups -OCH3 is 2. The molecule has 0 unspecified atom stereocenters. The standard InChI is InChI=1S/C19H23N5O4/c1-13(25)23-8-10-24(11-9-23)18(26)16-6-7-20-19(22-16)21-15-5-4-14(27-2)12-17(15)28-3/h4-7,12H,8-11H2,1-3H3,(H,20,21,22). The zero-order valence-electron chi connectivity index (χ0n) is 16.1. The van der Waals surface area contributed by atoms with E-state index in [1.54, 1.807) is 48.3 Å². The van der Waals surface area contributed by atoms with Gasteiger partial charge in [0.2, 0.25) is 11.9 Å². The van der Waals surface area contributed by atoms with Crippen LogP contribution in [0.1, 0.15) is 17.4 Å². The van der Waals surface area contributed by atoms with Crippen molar-refractivity contribution in [3.8, 4) is 11.5 Å². The van der Waals surface area contributed by atoms with Crippen LogP contribution in [0.25, 0.3) is 0 Å². The van der Waals surface area contributed by atoms with E-state index in [0.717, 1.165) is 0 Å². The third-order valence-corrected chi connectivity index (χ3v) is 4.54. The highest BCUT2D eigenvalue weighted by atomic mass is 16.5. The number of benzene rings is 1. The maximum Gasteiger partial charge on any atom is 0.272 e. The van der Waals surface area contributed by atoms with Gasteiger partial charge >= 0.3 is 0 Å². The predicted octanol–water partition coefficient (Wildman–Crippen LogP) is 1.54. The predicted molar refractivity (Wildman–Crippen MR) is 103 cm³/mol. The number of nitrogens with one attached hydrogen (secondary N) is 1. The molecule has 28 heavy (non-hydrogen) atoms. The van der Waals surface area contributed by atoms with Gasteiger partial charge in [-0.2, -0.15) is 0 Å². The SMILES string of the molecule is COc1ccc(Nc2nccc(C(=O)N3CCN(C(C)=O)CC3)n2)c(OC)c1. The Hall–Kier alpha value is -3.36. The van der Waals surface area contributed by atoms with Gasteiger partial charge < -0.3 is 24.6 Å². The molecule has 9 heteroatoms. The molecule has 2 aromatic rings. The summed E-state index contributed by atoms with van der Waals surface area (Å²) in [7, 11) is 3.14. The van der Waals surface area contributed by atoms with Crippen LogP contribution in [0.15, 0.2) is 30.5 Å². The topological polar surface area (TPSA) is 96.9 Å². The first kappa shape index (κ1) is 19.4. The van der Waals surface area contributed by atoms with Gasteiger partial charge in [0, 0.05) is 45.4 Å². The number of anilines is 2. The van der Waals surface area contributed by atoms with Crippen LogP contribution in [0.4, 0.5) is 11.6 Å². The second-order valence-corrected chi connectivity index (χ2v) is 6.25. The Kier molecular flexibility index (Phi) is 5.93. The monoisotopic (exact) mass is 385 g/mol.